The van der Waals surface area contributed by atoms with Crippen LogP contribution in [0.5, 0.6) is 0 Å². The smallest absolute Gasteiger partial charge is 0.226 e. The van der Waals surface area contributed by atoms with Crippen molar-refractivity contribution in [2.24, 2.45) is 17.1 Å². The zero-order valence-corrected chi connectivity index (χ0v) is 11.1. The average Bonchev–Trinajstić information content (AvgIpc) is 2.25. The molecule has 0 spiro atoms. The number of nitrogens with zero attached hydrogens (tertiary/aromatic N) is 1. The lowest BCUT2D eigenvalue weighted by molar-refractivity contribution is -0.141. The Kier molecular flexibility index (Phi) is 4.36. The fourth-order valence-electron chi connectivity index (χ4n) is 2.57. The second-order valence-electron chi connectivity index (χ2n) is 5.82. The summed E-state index contributed by atoms with van der Waals surface area (Å²) in [6, 6.07) is 0.144. The molecule has 1 aliphatic carbocycles. The Morgan fingerprint density at radius 1 is 1.50 bits per heavy atom. The number of hydrogen-bond acceptors (Lipinski definition) is 2. The first kappa shape index (κ1) is 13.5. The van der Waals surface area contributed by atoms with Gasteiger partial charge in [-0.1, -0.05) is 26.7 Å². The molecule has 1 amide bonds. The van der Waals surface area contributed by atoms with Crippen molar-refractivity contribution in [2.75, 3.05) is 13.6 Å². The van der Waals surface area contributed by atoms with Gasteiger partial charge in [0.15, 0.2) is 0 Å². The summed E-state index contributed by atoms with van der Waals surface area (Å²) in [5.41, 5.74) is 5.76. The van der Waals surface area contributed by atoms with Crippen LogP contribution in [0.25, 0.3) is 0 Å². The van der Waals surface area contributed by atoms with E-state index in [1.54, 1.807) is 0 Å². The Hall–Kier alpha value is -0.570. The first-order valence-electron chi connectivity index (χ1n) is 6.37. The zero-order chi connectivity index (χ0) is 12.3. The third-order valence-corrected chi connectivity index (χ3v) is 4.16. The van der Waals surface area contributed by atoms with Crippen LogP contribution in [-0.4, -0.2) is 30.4 Å². The van der Waals surface area contributed by atoms with E-state index in [0.29, 0.717) is 6.54 Å². The van der Waals surface area contributed by atoms with Gasteiger partial charge in [0.1, 0.15) is 0 Å². The second kappa shape index (κ2) is 5.17. The molecule has 2 unspecified atom stereocenters. The molecule has 2 atom stereocenters. The average molecular weight is 226 g/mol. The van der Waals surface area contributed by atoms with E-state index in [1.165, 1.54) is 12.8 Å². The summed E-state index contributed by atoms with van der Waals surface area (Å²) in [4.78, 5) is 14.2. The first-order chi connectivity index (χ1) is 7.40. The Bertz CT molecular complexity index is 250. The normalized spacial score (nSPS) is 26.2. The molecule has 3 heteroatoms. The molecular weight excluding hydrogens is 200 g/mol. The molecule has 1 saturated carbocycles. The van der Waals surface area contributed by atoms with Crippen molar-refractivity contribution in [3.05, 3.63) is 0 Å². The molecule has 1 aliphatic rings. The molecule has 0 radical (unpaired) electrons. The monoisotopic (exact) mass is 226 g/mol. The van der Waals surface area contributed by atoms with Gasteiger partial charge < -0.3 is 10.6 Å². The molecule has 3 nitrogen and oxygen atoms in total. The van der Waals surface area contributed by atoms with Crippen LogP contribution >= 0.6 is 0 Å². The summed E-state index contributed by atoms with van der Waals surface area (Å²) in [5.74, 6) is 0.461. The number of amides is 1. The summed E-state index contributed by atoms with van der Waals surface area (Å²) in [5, 5.41) is 0. The highest BCUT2D eigenvalue weighted by Crippen LogP contribution is 2.41. The van der Waals surface area contributed by atoms with E-state index >= 15 is 0 Å². The van der Waals surface area contributed by atoms with Gasteiger partial charge in [-0.3, -0.25) is 4.79 Å². The maximum Gasteiger partial charge on any atom is 0.226 e. The van der Waals surface area contributed by atoms with Crippen molar-refractivity contribution in [1.29, 1.82) is 0 Å². The Morgan fingerprint density at radius 3 is 2.62 bits per heavy atom. The van der Waals surface area contributed by atoms with Crippen molar-refractivity contribution in [3.8, 4) is 0 Å². The van der Waals surface area contributed by atoms with Crippen LogP contribution in [0, 0.1) is 11.3 Å². The maximum atomic E-state index is 12.4. The molecule has 0 bridgehead atoms. The minimum absolute atomic E-state index is 0.144. The van der Waals surface area contributed by atoms with Crippen molar-refractivity contribution >= 4 is 5.91 Å². The van der Waals surface area contributed by atoms with Crippen LogP contribution < -0.4 is 5.73 Å². The lowest BCUT2D eigenvalue weighted by atomic mass is 9.68. The van der Waals surface area contributed by atoms with Crippen molar-refractivity contribution in [1.82, 2.24) is 4.90 Å². The van der Waals surface area contributed by atoms with Gasteiger partial charge in [0, 0.05) is 25.6 Å². The van der Waals surface area contributed by atoms with Crippen LogP contribution in [-0.2, 0) is 4.79 Å². The lowest BCUT2D eigenvalue weighted by Crippen LogP contribution is -2.47. The number of carbonyl (C=O) groups excluding carboxylic acids is 1. The van der Waals surface area contributed by atoms with E-state index in [9.17, 15) is 4.79 Å². The highest BCUT2D eigenvalue weighted by atomic mass is 16.2. The van der Waals surface area contributed by atoms with Crippen LogP contribution in [0.15, 0.2) is 0 Å². The summed E-state index contributed by atoms with van der Waals surface area (Å²) >= 11 is 0. The van der Waals surface area contributed by atoms with Crippen molar-refractivity contribution in [2.45, 2.75) is 52.5 Å². The number of rotatable bonds is 3. The third-order valence-electron chi connectivity index (χ3n) is 4.16. The Balaban J connectivity index is 2.71. The first-order valence-corrected chi connectivity index (χ1v) is 6.37. The number of likely N-dealkylation sites (N-methyl/N-ethyl adjacent to an activating group) is 1. The molecule has 0 aromatic heterocycles. The van der Waals surface area contributed by atoms with Gasteiger partial charge in [0.25, 0.3) is 0 Å². The topological polar surface area (TPSA) is 46.3 Å². The number of nitrogens with two attached hydrogens (primary N) is 1. The highest BCUT2D eigenvalue weighted by Gasteiger charge is 2.38. The van der Waals surface area contributed by atoms with E-state index in [4.69, 9.17) is 5.73 Å². The van der Waals surface area contributed by atoms with E-state index < -0.39 is 0 Å². The molecule has 0 aliphatic heterocycles. The van der Waals surface area contributed by atoms with Gasteiger partial charge in [-0.25, -0.2) is 0 Å². The van der Waals surface area contributed by atoms with Gasteiger partial charge in [0.05, 0.1) is 0 Å². The minimum Gasteiger partial charge on any atom is -0.342 e. The standard InChI is InChI=1S/C13H26N2O/c1-10(9-14)15(4)12(16)11-7-5-6-8-13(11,2)3/h10-11H,5-9,14H2,1-4H3. The quantitative estimate of drug-likeness (QED) is 0.800. The second-order valence-corrected chi connectivity index (χ2v) is 5.82. The molecule has 2 N–H and O–H groups in total. The molecule has 1 rings (SSSR count). The van der Waals surface area contributed by atoms with E-state index in [0.717, 1.165) is 12.8 Å². The van der Waals surface area contributed by atoms with Gasteiger partial charge in [-0.15, -0.1) is 0 Å². The fourth-order valence-corrected chi connectivity index (χ4v) is 2.57. The molecule has 1 fully saturated rings. The lowest BCUT2D eigenvalue weighted by Gasteiger charge is -2.40. The summed E-state index contributed by atoms with van der Waals surface area (Å²) < 4.78 is 0. The van der Waals surface area contributed by atoms with Crippen molar-refractivity contribution < 1.29 is 4.79 Å². The van der Waals surface area contributed by atoms with E-state index in [1.807, 2.05) is 18.9 Å². The Morgan fingerprint density at radius 2 is 2.12 bits per heavy atom. The summed E-state index contributed by atoms with van der Waals surface area (Å²) in [6.07, 6.45) is 4.64. The summed E-state index contributed by atoms with van der Waals surface area (Å²) in [6.45, 7) is 6.98. The van der Waals surface area contributed by atoms with Gasteiger partial charge in [-0.2, -0.15) is 0 Å². The molecule has 0 aromatic carbocycles. The van der Waals surface area contributed by atoms with E-state index in [-0.39, 0.29) is 23.3 Å². The zero-order valence-electron chi connectivity index (χ0n) is 11.1. The molecule has 0 heterocycles. The maximum absolute atomic E-state index is 12.4. The number of carbonyl (C=O) groups is 1. The Labute approximate surface area is 99.4 Å². The molecule has 0 aromatic rings. The fraction of sp³-hybridized carbons (Fsp3) is 0.923. The SMILES string of the molecule is CC(CN)N(C)C(=O)C1CCCCC1(C)C. The predicted octanol–water partition coefficient (Wildman–Crippen LogP) is 2.01. The van der Waals surface area contributed by atoms with E-state index in [2.05, 4.69) is 13.8 Å². The minimum atomic E-state index is 0.144. The van der Waals surface area contributed by atoms with Crippen LogP contribution in [0.2, 0.25) is 0 Å². The van der Waals surface area contributed by atoms with Crippen molar-refractivity contribution in [3.63, 3.8) is 0 Å². The van der Waals surface area contributed by atoms with Crippen LogP contribution in [0.4, 0.5) is 0 Å². The third kappa shape index (κ3) is 2.76. The summed E-state index contributed by atoms with van der Waals surface area (Å²) in [7, 11) is 1.88. The predicted molar refractivity (Wildman–Crippen MR) is 67.0 cm³/mol. The van der Waals surface area contributed by atoms with Gasteiger partial charge >= 0.3 is 0 Å². The molecule has 0 saturated heterocycles. The molecule has 16 heavy (non-hydrogen) atoms. The van der Waals surface area contributed by atoms with Crippen LogP contribution in [0.3, 0.4) is 0 Å². The van der Waals surface area contributed by atoms with Crippen LogP contribution in [0.1, 0.15) is 46.5 Å². The largest absolute Gasteiger partial charge is 0.342 e. The number of hydrogen-bond donors (Lipinski definition) is 1. The highest BCUT2D eigenvalue weighted by molar-refractivity contribution is 5.79. The van der Waals surface area contributed by atoms with Gasteiger partial charge in [0.2, 0.25) is 5.91 Å². The van der Waals surface area contributed by atoms with Gasteiger partial charge in [-0.05, 0) is 25.2 Å². The molecule has 94 valence electrons. The molecular formula is C13H26N2O.